The molecule has 8 nitrogen and oxygen atoms in total. The zero-order valence-electron chi connectivity index (χ0n) is 15.9. The van der Waals surface area contributed by atoms with Gasteiger partial charge in [0.15, 0.2) is 17.2 Å². The summed E-state index contributed by atoms with van der Waals surface area (Å²) in [6.45, 7) is 1.79. The number of aromatic nitrogens is 2. The van der Waals surface area contributed by atoms with E-state index in [1.165, 1.54) is 25.5 Å². The minimum Gasteiger partial charge on any atom is -0.493 e. The number of H-pyrrole nitrogens is 1. The van der Waals surface area contributed by atoms with Crippen LogP contribution in [0.5, 0.6) is 11.5 Å². The molecule has 1 aromatic heterocycles. The van der Waals surface area contributed by atoms with Gasteiger partial charge in [-0.15, -0.1) is 0 Å². The van der Waals surface area contributed by atoms with Crippen LogP contribution in [0, 0.1) is 6.92 Å². The van der Waals surface area contributed by atoms with Gasteiger partial charge in [0.2, 0.25) is 0 Å². The number of nitrogens with zero attached hydrogens (tertiary/aromatic N) is 2. The molecule has 30 heavy (non-hydrogen) atoms. The molecule has 0 atom stereocenters. The van der Waals surface area contributed by atoms with Gasteiger partial charge in [0.05, 0.1) is 23.9 Å². The topological polar surface area (TPSA) is 106 Å². The molecular formula is C20H16Cl2N4O4. The van der Waals surface area contributed by atoms with Crippen LogP contribution in [0.2, 0.25) is 10.0 Å². The quantitative estimate of drug-likeness (QED) is 0.257. The van der Waals surface area contributed by atoms with Crippen LogP contribution < -0.4 is 14.9 Å². The number of rotatable bonds is 6. The van der Waals surface area contributed by atoms with Crippen molar-refractivity contribution in [3.05, 3.63) is 75.0 Å². The van der Waals surface area contributed by atoms with Crippen molar-refractivity contribution >= 4 is 41.3 Å². The van der Waals surface area contributed by atoms with E-state index in [0.29, 0.717) is 16.3 Å². The Hall–Kier alpha value is -3.36. The van der Waals surface area contributed by atoms with Gasteiger partial charge in [0.1, 0.15) is 0 Å². The highest BCUT2D eigenvalue weighted by Gasteiger charge is 2.16. The number of halogens is 2. The number of esters is 1. The monoisotopic (exact) mass is 446 g/mol. The minimum atomic E-state index is -0.655. The summed E-state index contributed by atoms with van der Waals surface area (Å²) in [7, 11) is 1.44. The maximum Gasteiger partial charge on any atom is 0.345 e. The summed E-state index contributed by atoms with van der Waals surface area (Å²) in [4.78, 5) is 24.3. The minimum absolute atomic E-state index is 0.171. The average Bonchev–Trinajstić information content (AvgIpc) is 3.15. The maximum absolute atomic E-state index is 12.4. The van der Waals surface area contributed by atoms with Crippen molar-refractivity contribution in [2.24, 2.45) is 5.10 Å². The Morgan fingerprint density at radius 1 is 1.13 bits per heavy atom. The van der Waals surface area contributed by atoms with Gasteiger partial charge in [-0.05, 0) is 55.0 Å². The normalized spacial score (nSPS) is 10.8. The second-order valence-corrected chi connectivity index (χ2v) is 6.90. The van der Waals surface area contributed by atoms with Crippen LogP contribution in [0.25, 0.3) is 0 Å². The molecule has 1 amide bonds. The number of methoxy groups -OCH3 is 1. The Labute approximate surface area is 181 Å². The van der Waals surface area contributed by atoms with Gasteiger partial charge >= 0.3 is 5.97 Å². The van der Waals surface area contributed by atoms with Crippen LogP contribution in [0.15, 0.2) is 47.6 Å². The lowest BCUT2D eigenvalue weighted by atomic mass is 10.2. The number of ether oxygens (including phenoxy) is 2. The number of aromatic amines is 1. The zero-order chi connectivity index (χ0) is 21.7. The van der Waals surface area contributed by atoms with E-state index >= 15 is 0 Å². The lowest BCUT2D eigenvalue weighted by molar-refractivity contribution is 0.0729. The van der Waals surface area contributed by atoms with Crippen LogP contribution in [-0.2, 0) is 0 Å². The number of hydrogen-bond donors (Lipinski definition) is 2. The highest BCUT2D eigenvalue weighted by Crippen LogP contribution is 2.29. The number of hydrogen-bond acceptors (Lipinski definition) is 6. The van der Waals surface area contributed by atoms with Crippen LogP contribution in [-0.4, -0.2) is 35.4 Å². The van der Waals surface area contributed by atoms with E-state index in [2.05, 4.69) is 20.7 Å². The lowest BCUT2D eigenvalue weighted by Crippen LogP contribution is -2.18. The lowest BCUT2D eigenvalue weighted by Gasteiger charge is -2.10. The first-order valence-corrected chi connectivity index (χ1v) is 9.33. The van der Waals surface area contributed by atoms with E-state index in [4.69, 9.17) is 32.7 Å². The fourth-order valence-electron chi connectivity index (χ4n) is 2.42. The van der Waals surface area contributed by atoms with Crippen molar-refractivity contribution in [1.29, 1.82) is 0 Å². The van der Waals surface area contributed by atoms with E-state index in [1.807, 2.05) is 0 Å². The van der Waals surface area contributed by atoms with Crippen molar-refractivity contribution in [2.75, 3.05) is 7.11 Å². The Morgan fingerprint density at radius 3 is 2.60 bits per heavy atom. The number of aryl methyl sites for hydroxylation is 1. The number of carbonyl (C=O) groups excluding carboxylic acids is 2. The molecule has 10 heteroatoms. The third-order valence-electron chi connectivity index (χ3n) is 3.86. The summed E-state index contributed by atoms with van der Waals surface area (Å²) in [5.41, 5.74) is 4.14. The molecule has 154 valence electrons. The van der Waals surface area contributed by atoms with E-state index in [9.17, 15) is 9.59 Å². The van der Waals surface area contributed by atoms with Crippen molar-refractivity contribution in [1.82, 2.24) is 15.6 Å². The molecule has 0 saturated heterocycles. The third kappa shape index (κ3) is 5.16. The molecule has 0 saturated carbocycles. The summed E-state index contributed by atoms with van der Waals surface area (Å²) >= 11 is 11.9. The maximum atomic E-state index is 12.4. The smallest absolute Gasteiger partial charge is 0.345 e. The second kappa shape index (κ2) is 9.43. The number of hydrazone groups is 1. The average molecular weight is 447 g/mol. The zero-order valence-corrected chi connectivity index (χ0v) is 17.4. The Bertz CT molecular complexity index is 1130. The third-order valence-corrected chi connectivity index (χ3v) is 4.41. The van der Waals surface area contributed by atoms with Gasteiger partial charge < -0.3 is 9.47 Å². The molecule has 0 aliphatic heterocycles. The number of amides is 1. The largest absolute Gasteiger partial charge is 0.493 e. The molecular weight excluding hydrogens is 431 g/mol. The Morgan fingerprint density at radius 2 is 1.93 bits per heavy atom. The summed E-state index contributed by atoms with van der Waals surface area (Å²) in [6, 6.07) is 10.9. The fraction of sp³-hybridized carbons (Fsp3) is 0.100. The molecule has 0 spiro atoms. The van der Waals surface area contributed by atoms with Gasteiger partial charge in [-0.3, -0.25) is 9.89 Å². The SMILES string of the molecule is COc1cc(/C=N/NC(=O)c2cc(C)[nH]n2)ccc1OC(=O)c1ccc(Cl)cc1Cl. The van der Waals surface area contributed by atoms with Gasteiger partial charge in [-0.25, -0.2) is 10.2 Å². The molecule has 3 rings (SSSR count). The molecule has 0 radical (unpaired) electrons. The molecule has 1 heterocycles. The number of carbonyl (C=O) groups is 2. The molecule has 0 aliphatic rings. The number of nitrogens with one attached hydrogen (secondary N) is 2. The van der Waals surface area contributed by atoms with E-state index in [1.54, 1.807) is 37.3 Å². The molecule has 0 bridgehead atoms. The van der Waals surface area contributed by atoms with Crippen molar-refractivity contribution in [2.45, 2.75) is 6.92 Å². The van der Waals surface area contributed by atoms with Gasteiger partial charge in [0.25, 0.3) is 5.91 Å². The molecule has 2 N–H and O–H groups in total. The second-order valence-electron chi connectivity index (χ2n) is 6.06. The number of benzene rings is 2. The van der Waals surface area contributed by atoms with Crippen LogP contribution in [0.4, 0.5) is 0 Å². The Kier molecular flexibility index (Phi) is 6.71. The molecule has 0 unspecified atom stereocenters. The summed E-state index contributed by atoms with van der Waals surface area (Å²) in [5, 5.41) is 11.0. The van der Waals surface area contributed by atoms with E-state index < -0.39 is 11.9 Å². The standard InChI is InChI=1S/C20H16Cl2N4O4/c1-11-7-16(25-24-11)19(27)26-23-10-12-3-6-17(18(8-12)29-2)30-20(28)14-5-4-13(21)9-15(14)22/h3-10H,1-2H3,(H,24,25)(H,26,27)/b23-10+. The van der Waals surface area contributed by atoms with Crippen LogP contribution in [0.3, 0.4) is 0 Å². The summed E-state index contributed by atoms with van der Waals surface area (Å²) < 4.78 is 10.7. The fourth-order valence-corrected chi connectivity index (χ4v) is 2.90. The molecule has 2 aromatic carbocycles. The van der Waals surface area contributed by atoms with Gasteiger partial charge in [-0.1, -0.05) is 23.2 Å². The summed E-state index contributed by atoms with van der Waals surface area (Å²) in [6.07, 6.45) is 1.42. The molecule has 0 fully saturated rings. The first-order chi connectivity index (χ1) is 14.4. The van der Waals surface area contributed by atoms with Crippen LogP contribution in [0.1, 0.15) is 32.1 Å². The molecule has 0 aliphatic carbocycles. The first kappa shape index (κ1) is 21.4. The van der Waals surface area contributed by atoms with Gasteiger partial charge in [0, 0.05) is 10.7 Å². The summed E-state index contributed by atoms with van der Waals surface area (Å²) in [5.74, 6) is -0.612. The van der Waals surface area contributed by atoms with Crippen LogP contribution >= 0.6 is 23.2 Å². The van der Waals surface area contributed by atoms with Crippen molar-refractivity contribution in [3.8, 4) is 11.5 Å². The predicted octanol–water partition coefficient (Wildman–Crippen LogP) is 4.02. The highest BCUT2D eigenvalue weighted by atomic mass is 35.5. The van der Waals surface area contributed by atoms with Gasteiger partial charge in [-0.2, -0.15) is 10.2 Å². The van der Waals surface area contributed by atoms with Crippen molar-refractivity contribution < 1.29 is 19.1 Å². The first-order valence-electron chi connectivity index (χ1n) is 8.58. The van der Waals surface area contributed by atoms with E-state index in [-0.39, 0.29) is 22.0 Å². The Balaban J connectivity index is 1.69. The molecule has 3 aromatic rings. The van der Waals surface area contributed by atoms with Crippen molar-refractivity contribution in [3.63, 3.8) is 0 Å². The van der Waals surface area contributed by atoms with E-state index in [0.717, 1.165) is 5.69 Å². The predicted molar refractivity (Wildman–Crippen MR) is 113 cm³/mol. The highest BCUT2D eigenvalue weighted by molar-refractivity contribution is 6.36.